The van der Waals surface area contributed by atoms with Crippen LogP contribution in [0.25, 0.3) is 11.3 Å². The number of hydrogen-bond donors (Lipinski definition) is 1. The fraction of sp³-hybridized carbons (Fsp3) is 0.308. The summed E-state index contributed by atoms with van der Waals surface area (Å²) in [5.74, 6) is 1.63. The molecule has 1 aromatic carbocycles. The van der Waals surface area contributed by atoms with Crippen LogP contribution in [0, 0.1) is 0 Å². The Balaban J connectivity index is 2.41. The molecule has 4 heteroatoms. The molecule has 2 N–H and O–H groups in total. The van der Waals surface area contributed by atoms with Crippen molar-refractivity contribution < 1.29 is 9.15 Å². The molecule has 90 valence electrons. The van der Waals surface area contributed by atoms with Gasteiger partial charge in [-0.25, -0.2) is 0 Å². The van der Waals surface area contributed by atoms with Gasteiger partial charge >= 0.3 is 0 Å². The monoisotopic (exact) mass is 232 g/mol. The van der Waals surface area contributed by atoms with Crippen molar-refractivity contribution in [1.29, 1.82) is 0 Å². The lowest BCUT2D eigenvalue weighted by Crippen LogP contribution is -1.92. The van der Waals surface area contributed by atoms with Crippen LogP contribution in [0.15, 0.2) is 28.7 Å². The molecule has 0 bridgehead atoms. The molecule has 0 fully saturated rings. The van der Waals surface area contributed by atoms with Crippen LogP contribution in [0.2, 0.25) is 0 Å². The highest BCUT2D eigenvalue weighted by Crippen LogP contribution is 2.28. The van der Waals surface area contributed by atoms with Crippen LogP contribution >= 0.6 is 0 Å². The summed E-state index contributed by atoms with van der Waals surface area (Å²) in [6.45, 7) is 4.61. The number of aryl methyl sites for hydroxylation is 1. The Bertz CT molecular complexity index is 506. The molecule has 0 spiro atoms. The SMILES string of the molecule is CCOc1cccc(-c2nc(N)oc2CC)c1. The van der Waals surface area contributed by atoms with E-state index in [-0.39, 0.29) is 6.01 Å². The van der Waals surface area contributed by atoms with Crippen molar-refractivity contribution in [3.05, 3.63) is 30.0 Å². The number of anilines is 1. The number of oxazole rings is 1. The Morgan fingerprint density at radius 2 is 2.18 bits per heavy atom. The topological polar surface area (TPSA) is 61.3 Å². The lowest BCUT2D eigenvalue weighted by Gasteiger charge is -2.04. The van der Waals surface area contributed by atoms with Crippen molar-refractivity contribution in [3.63, 3.8) is 0 Å². The van der Waals surface area contributed by atoms with E-state index in [4.69, 9.17) is 14.9 Å². The van der Waals surface area contributed by atoms with Gasteiger partial charge in [0.15, 0.2) is 0 Å². The first-order valence-electron chi connectivity index (χ1n) is 5.73. The summed E-state index contributed by atoms with van der Waals surface area (Å²) in [6, 6.07) is 7.98. The molecule has 2 aromatic rings. The molecule has 0 radical (unpaired) electrons. The Labute approximate surface area is 100 Å². The van der Waals surface area contributed by atoms with E-state index in [9.17, 15) is 0 Å². The zero-order valence-electron chi connectivity index (χ0n) is 10.1. The number of nitrogens with two attached hydrogens (primary N) is 1. The average Bonchev–Trinajstić information content (AvgIpc) is 2.71. The molecule has 0 unspecified atom stereocenters. The van der Waals surface area contributed by atoms with Gasteiger partial charge in [-0.2, -0.15) is 4.98 Å². The summed E-state index contributed by atoms with van der Waals surface area (Å²) in [7, 11) is 0. The minimum absolute atomic E-state index is 0.207. The minimum atomic E-state index is 0.207. The number of nitrogen functional groups attached to an aromatic ring is 1. The average molecular weight is 232 g/mol. The molecule has 0 saturated carbocycles. The maximum Gasteiger partial charge on any atom is 0.292 e. The van der Waals surface area contributed by atoms with E-state index >= 15 is 0 Å². The van der Waals surface area contributed by atoms with E-state index < -0.39 is 0 Å². The number of benzene rings is 1. The molecule has 0 aliphatic heterocycles. The van der Waals surface area contributed by atoms with Gasteiger partial charge in [-0.05, 0) is 19.1 Å². The maximum atomic E-state index is 5.58. The Kier molecular flexibility index (Phi) is 3.32. The number of nitrogens with zero attached hydrogens (tertiary/aromatic N) is 1. The van der Waals surface area contributed by atoms with E-state index in [1.165, 1.54) is 0 Å². The maximum absolute atomic E-state index is 5.58. The molecular weight excluding hydrogens is 216 g/mol. The van der Waals surface area contributed by atoms with E-state index in [0.717, 1.165) is 29.2 Å². The highest BCUT2D eigenvalue weighted by molar-refractivity contribution is 5.64. The summed E-state index contributed by atoms with van der Waals surface area (Å²) in [6.07, 6.45) is 0.762. The Morgan fingerprint density at radius 1 is 1.35 bits per heavy atom. The first-order valence-corrected chi connectivity index (χ1v) is 5.73. The van der Waals surface area contributed by atoms with Gasteiger partial charge in [0.25, 0.3) is 6.01 Å². The predicted molar refractivity (Wildman–Crippen MR) is 66.9 cm³/mol. The predicted octanol–water partition coefficient (Wildman–Crippen LogP) is 2.88. The van der Waals surface area contributed by atoms with Crippen LogP contribution in [-0.2, 0) is 6.42 Å². The van der Waals surface area contributed by atoms with Gasteiger partial charge in [-0.3, -0.25) is 0 Å². The zero-order chi connectivity index (χ0) is 12.3. The quantitative estimate of drug-likeness (QED) is 0.880. The van der Waals surface area contributed by atoms with Gasteiger partial charge in [0.05, 0.1) is 6.61 Å². The molecule has 2 rings (SSSR count). The third kappa shape index (κ3) is 2.41. The highest BCUT2D eigenvalue weighted by Gasteiger charge is 2.12. The fourth-order valence-corrected chi connectivity index (χ4v) is 1.73. The zero-order valence-corrected chi connectivity index (χ0v) is 10.1. The second-order valence-electron chi connectivity index (χ2n) is 3.64. The molecular formula is C13H16N2O2. The molecule has 17 heavy (non-hydrogen) atoms. The van der Waals surface area contributed by atoms with Gasteiger partial charge in [0.2, 0.25) is 0 Å². The summed E-state index contributed by atoms with van der Waals surface area (Å²) in [5.41, 5.74) is 7.34. The molecule has 0 amide bonds. The third-order valence-electron chi connectivity index (χ3n) is 2.45. The minimum Gasteiger partial charge on any atom is -0.494 e. The largest absolute Gasteiger partial charge is 0.494 e. The van der Waals surface area contributed by atoms with Crippen molar-refractivity contribution in [2.45, 2.75) is 20.3 Å². The van der Waals surface area contributed by atoms with Crippen LogP contribution in [-0.4, -0.2) is 11.6 Å². The van der Waals surface area contributed by atoms with Gasteiger partial charge in [-0.1, -0.05) is 19.1 Å². The molecule has 0 saturated heterocycles. The van der Waals surface area contributed by atoms with Crippen LogP contribution < -0.4 is 10.5 Å². The highest BCUT2D eigenvalue weighted by atomic mass is 16.5. The first kappa shape index (κ1) is 11.5. The summed E-state index contributed by atoms with van der Waals surface area (Å²) in [4.78, 5) is 4.21. The van der Waals surface area contributed by atoms with E-state index in [2.05, 4.69) is 4.98 Å². The summed E-state index contributed by atoms with van der Waals surface area (Å²) in [5, 5.41) is 0. The first-order chi connectivity index (χ1) is 8.24. The molecule has 1 heterocycles. The smallest absolute Gasteiger partial charge is 0.292 e. The molecule has 1 aromatic heterocycles. The van der Waals surface area contributed by atoms with Crippen LogP contribution in [0.1, 0.15) is 19.6 Å². The van der Waals surface area contributed by atoms with Gasteiger partial charge in [0, 0.05) is 12.0 Å². The van der Waals surface area contributed by atoms with Crippen molar-refractivity contribution in [2.75, 3.05) is 12.3 Å². The van der Waals surface area contributed by atoms with Crippen molar-refractivity contribution in [2.24, 2.45) is 0 Å². The molecule has 0 aliphatic carbocycles. The van der Waals surface area contributed by atoms with Gasteiger partial charge in [-0.15, -0.1) is 0 Å². The molecule has 0 aliphatic rings. The van der Waals surface area contributed by atoms with E-state index in [1.54, 1.807) is 0 Å². The lowest BCUT2D eigenvalue weighted by atomic mass is 10.1. The van der Waals surface area contributed by atoms with E-state index in [0.29, 0.717) is 6.61 Å². The number of hydrogen-bond acceptors (Lipinski definition) is 4. The second kappa shape index (κ2) is 4.91. The van der Waals surface area contributed by atoms with E-state index in [1.807, 2.05) is 38.1 Å². The van der Waals surface area contributed by atoms with Crippen molar-refractivity contribution in [1.82, 2.24) is 4.98 Å². The summed E-state index contributed by atoms with van der Waals surface area (Å²) >= 11 is 0. The Morgan fingerprint density at radius 3 is 2.88 bits per heavy atom. The number of ether oxygens (including phenoxy) is 1. The number of aromatic nitrogens is 1. The van der Waals surface area contributed by atoms with Gasteiger partial charge in [0.1, 0.15) is 17.2 Å². The fourth-order valence-electron chi connectivity index (χ4n) is 1.73. The van der Waals surface area contributed by atoms with Crippen LogP contribution in [0.4, 0.5) is 6.01 Å². The van der Waals surface area contributed by atoms with Crippen molar-refractivity contribution >= 4 is 6.01 Å². The molecule has 4 nitrogen and oxygen atoms in total. The summed E-state index contributed by atoms with van der Waals surface area (Å²) < 4.78 is 10.8. The Hall–Kier alpha value is -1.97. The third-order valence-corrected chi connectivity index (χ3v) is 2.45. The van der Waals surface area contributed by atoms with Crippen LogP contribution in [0.5, 0.6) is 5.75 Å². The normalized spacial score (nSPS) is 10.5. The number of rotatable bonds is 4. The standard InChI is InChI=1S/C13H16N2O2/c1-3-11-12(15-13(14)17-11)9-6-5-7-10(8-9)16-4-2/h5-8H,3-4H2,1-2H3,(H2,14,15). The molecule has 0 atom stereocenters. The van der Waals surface area contributed by atoms with Crippen molar-refractivity contribution in [3.8, 4) is 17.0 Å². The lowest BCUT2D eigenvalue weighted by molar-refractivity contribution is 0.340. The second-order valence-corrected chi connectivity index (χ2v) is 3.64. The van der Waals surface area contributed by atoms with Gasteiger partial charge < -0.3 is 14.9 Å². The van der Waals surface area contributed by atoms with Crippen LogP contribution in [0.3, 0.4) is 0 Å².